The third-order valence-electron chi connectivity index (χ3n) is 3.64. The number of hydrogen-bond donors (Lipinski definition) is 2. The van der Waals surface area contributed by atoms with E-state index in [-0.39, 0.29) is 11.8 Å². The monoisotopic (exact) mass is 291 g/mol. The molecule has 2 rings (SSSR count). The summed E-state index contributed by atoms with van der Waals surface area (Å²) in [6, 6.07) is 0. The summed E-state index contributed by atoms with van der Waals surface area (Å²) >= 11 is 0. The third kappa shape index (κ3) is 3.68. The van der Waals surface area contributed by atoms with Crippen LogP contribution in [0.25, 0.3) is 0 Å². The Morgan fingerprint density at radius 2 is 2.14 bits per heavy atom. The van der Waals surface area contributed by atoms with E-state index in [0.717, 1.165) is 24.2 Å². The van der Waals surface area contributed by atoms with Crippen molar-refractivity contribution in [2.24, 2.45) is 5.10 Å². The van der Waals surface area contributed by atoms with Gasteiger partial charge in [0.15, 0.2) is 0 Å². The van der Waals surface area contributed by atoms with Gasteiger partial charge in [0, 0.05) is 32.1 Å². The first-order valence-electron chi connectivity index (χ1n) is 7.11. The molecule has 1 aromatic rings. The lowest BCUT2D eigenvalue weighted by Gasteiger charge is -2.18. The number of H-pyrrole nitrogens is 1. The zero-order valence-electron chi connectivity index (χ0n) is 12.7. The largest absolute Gasteiger partial charge is 0.351 e. The Hall–Kier alpha value is -2.18. The standard InChI is InChI=1S/C14H21N5O2/c1-9-11(10(2)17-16-9)5-4-8-15-14(21)12-6-7-13(20)19(3)18-12/h4-8H2,1-3H3,(H,15,21)(H,16,17). The van der Waals surface area contributed by atoms with Crippen molar-refractivity contribution >= 4 is 17.5 Å². The molecule has 114 valence electrons. The molecule has 0 bridgehead atoms. The van der Waals surface area contributed by atoms with Crippen molar-refractivity contribution < 1.29 is 9.59 Å². The minimum Gasteiger partial charge on any atom is -0.351 e. The van der Waals surface area contributed by atoms with Crippen LogP contribution in [0.4, 0.5) is 0 Å². The van der Waals surface area contributed by atoms with Gasteiger partial charge in [0.2, 0.25) is 5.91 Å². The van der Waals surface area contributed by atoms with Crippen molar-refractivity contribution in [1.29, 1.82) is 0 Å². The van der Waals surface area contributed by atoms with E-state index in [0.29, 0.717) is 25.1 Å². The predicted octanol–water partition coefficient (Wildman–Crippen LogP) is 0.684. The van der Waals surface area contributed by atoms with Crippen molar-refractivity contribution in [3.63, 3.8) is 0 Å². The molecule has 1 aliphatic heterocycles. The first-order chi connectivity index (χ1) is 9.99. The van der Waals surface area contributed by atoms with Crippen molar-refractivity contribution in [1.82, 2.24) is 20.5 Å². The van der Waals surface area contributed by atoms with Gasteiger partial charge in [-0.1, -0.05) is 0 Å². The molecule has 0 saturated carbocycles. The topological polar surface area (TPSA) is 90.4 Å². The maximum absolute atomic E-state index is 11.9. The van der Waals surface area contributed by atoms with Crippen molar-refractivity contribution in [2.75, 3.05) is 13.6 Å². The Balaban J connectivity index is 1.78. The first kappa shape index (κ1) is 15.2. The summed E-state index contributed by atoms with van der Waals surface area (Å²) in [7, 11) is 1.57. The molecule has 0 fully saturated rings. The Morgan fingerprint density at radius 1 is 1.38 bits per heavy atom. The molecule has 1 aromatic heterocycles. The van der Waals surface area contributed by atoms with Gasteiger partial charge in [0.25, 0.3) is 5.91 Å². The summed E-state index contributed by atoms with van der Waals surface area (Å²) in [5.41, 5.74) is 3.73. The van der Waals surface area contributed by atoms with E-state index in [2.05, 4.69) is 20.6 Å². The van der Waals surface area contributed by atoms with Gasteiger partial charge in [-0.05, 0) is 32.3 Å². The molecule has 2 N–H and O–H groups in total. The molecular formula is C14H21N5O2. The van der Waals surface area contributed by atoms with Crippen LogP contribution in [0.5, 0.6) is 0 Å². The van der Waals surface area contributed by atoms with Crippen LogP contribution >= 0.6 is 0 Å². The number of aromatic nitrogens is 2. The fourth-order valence-corrected chi connectivity index (χ4v) is 2.34. The molecule has 0 radical (unpaired) electrons. The predicted molar refractivity (Wildman–Crippen MR) is 78.8 cm³/mol. The number of nitrogens with one attached hydrogen (secondary N) is 2. The molecular weight excluding hydrogens is 270 g/mol. The fourth-order valence-electron chi connectivity index (χ4n) is 2.34. The quantitative estimate of drug-likeness (QED) is 0.782. The van der Waals surface area contributed by atoms with Crippen LogP contribution in [-0.4, -0.2) is 46.3 Å². The average molecular weight is 291 g/mol. The van der Waals surface area contributed by atoms with E-state index in [1.54, 1.807) is 7.05 Å². The molecule has 7 nitrogen and oxygen atoms in total. The van der Waals surface area contributed by atoms with Crippen LogP contribution < -0.4 is 5.32 Å². The minimum absolute atomic E-state index is 0.0579. The molecule has 0 aliphatic carbocycles. The van der Waals surface area contributed by atoms with E-state index >= 15 is 0 Å². The number of carbonyl (C=O) groups excluding carboxylic acids is 2. The molecule has 21 heavy (non-hydrogen) atoms. The van der Waals surface area contributed by atoms with Crippen LogP contribution in [-0.2, 0) is 16.0 Å². The normalized spacial score (nSPS) is 15.1. The first-order valence-corrected chi connectivity index (χ1v) is 7.11. The second-order valence-electron chi connectivity index (χ2n) is 5.24. The molecule has 1 aliphatic rings. The second-order valence-corrected chi connectivity index (χ2v) is 5.24. The van der Waals surface area contributed by atoms with Crippen molar-refractivity contribution in [3.8, 4) is 0 Å². The van der Waals surface area contributed by atoms with Crippen LogP contribution in [0.3, 0.4) is 0 Å². The zero-order valence-corrected chi connectivity index (χ0v) is 12.7. The zero-order chi connectivity index (χ0) is 15.4. The molecule has 0 aromatic carbocycles. The van der Waals surface area contributed by atoms with Gasteiger partial charge in [-0.15, -0.1) is 0 Å². The summed E-state index contributed by atoms with van der Waals surface area (Å²) in [6.45, 7) is 4.55. The maximum atomic E-state index is 11.9. The molecule has 0 unspecified atom stereocenters. The number of rotatable bonds is 5. The van der Waals surface area contributed by atoms with E-state index < -0.39 is 0 Å². The Kier molecular flexibility index (Phi) is 4.72. The summed E-state index contributed by atoms with van der Waals surface area (Å²) in [5.74, 6) is -0.243. The van der Waals surface area contributed by atoms with Gasteiger partial charge in [-0.2, -0.15) is 10.2 Å². The van der Waals surface area contributed by atoms with Crippen LogP contribution in [0.15, 0.2) is 5.10 Å². The lowest BCUT2D eigenvalue weighted by Crippen LogP contribution is -2.38. The van der Waals surface area contributed by atoms with Gasteiger partial charge in [-0.3, -0.25) is 14.7 Å². The number of hydrogen-bond acceptors (Lipinski definition) is 4. The summed E-state index contributed by atoms with van der Waals surface area (Å²) < 4.78 is 0. The highest BCUT2D eigenvalue weighted by molar-refractivity contribution is 6.39. The number of amides is 2. The van der Waals surface area contributed by atoms with Gasteiger partial charge in [0.05, 0.1) is 5.69 Å². The summed E-state index contributed by atoms with van der Waals surface area (Å²) in [5, 5.41) is 15.2. The molecule has 7 heteroatoms. The highest BCUT2D eigenvalue weighted by atomic mass is 16.2. The highest BCUT2D eigenvalue weighted by Gasteiger charge is 2.21. The molecule has 2 amide bonds. The lowest BCUT2D eigenvalue weighted by molar-refractivity contribution is -0.130. The highest BCUT2D eigenvalue weighted by Crippen LogP contribution is 2.11. The Morgan fingerprint density at radius 3 is 2.76 bits per heavy atom. The van der Waals surface area contributed by atoms with Gasteiger partial charge >= 0.3 is 0 Å². The Labute approximate surface area is 123 Å². The van der Waals surface area contributed by atoms with Gasteiger partial charge in [-0.25, -0.2) is 5.01 Å². The summed E-state index contributed by atoms with van der Waals surface area (Å²) in [4.78, 5) is 23.2. The number of aromatic amines is 1. The summed E-state index contributed by atoms with van der Waals surface area (Å²) in [6.07, 6.45) is 2.47. The lowest BCUT2D eigenvalue weighted by atomic mass is 10.1. The number of nitrogens with zero attached hydrogens (tertiary/aromatic N) is 3. The van der Waals surface area contributed by atoms with Crippen LogP contribution in [0.2, 0.25) is 0 Å². The van der Waals surface area contributed by atoms with Crippen molar-refractivity contribution in [3.05, 3.63) is 17.0 Å². The van der Waals surface area contributed by atoms with E-state index in [9.17, 15) is 9.59 Å². The number of carbonyl (C=O) groups is 2. The SMILES string of the molecule is Cc1n[nH]c(C)c1CCCNC(=O)C1=NN(C)C(=O)CC1. The Bertz CT molecular complexity index is 556. The number of aryl methyl sites for hydroxylation is 2. The van der Waals surface area contributed by atoms with E-state index in [1.807, 2.05) is 13.8 Å². The molecule has 2 heterocycles. The third-order valence-corrected chi connectivity index (χ3v) is 3.64. The average Bonchev–Trinajstić information content (AvgIpc) is 2.77. The molecule has 0 atom stereocenters. The number of hydrazone groups is 1. The van der Waals surface area contributed by atoms with Crippen LogP contribution in [0, 0.1) is 13.8 Å². The van der Waals surface area contributed by atoms with E-state index in [4.69, 9.17) is 0 Å². The van der Waals surface area contributed by atoms with Gasteiger partial charge in [0.1, 0.15) is 5.71 Å². The van der Waals surface area contributed by atoms with Crippen molar-refractivity contribution in [2.45, 2.75) is 39.5 Å². The molecule has 0 spiro atoms. The van der Waals surface area contributed by atoms with E-state index in [1.165, 1.54) is 10.6 Å². The van der Waals surface area contributed by atoms with Gasteiger partial charge < -0.3 is 5.32 Å². The fraction of sp³-hybridized carbons (Fsp3) is 0.571. The smallest absolute Gasteiger partial charge is 0.267 e. The second kappa shape index (κ2) is 6.51. The molecule has 0 saturated heterocycles. The minimum atomic E-state index is -0.185. The maximum Gasteiger partial charge on any atom is 0.267 e. The van der Waals surface area contributed by atoms with Crippen LogP contribution in [0.1, 0.15) is 36.2 Å².